The van der Waals surface area contributed by atoms with Gasteiger partial charge in [-0.05, 0) is 68.4 Å². The van der Waals surface area contributed by atoms with Gasteiger partial charge in [0.1, 0.15) is 18.2 Å². The third-order valence-corrected chi connectivity index (χ3v) is 6.43. The second-order valence-corrected chi connectivity index (χ2v) is 11.0. The highest BCUT2D eigenvalue weighted by atomic mass is 19.1. The Hall–Kier alpha value is -3.56. The molecule has 0 saturated heterocycles. The molecule has 3 aromatic rings. The largest absolute Gasteiger partial charge is 0.481 e. The Balaban J connectivity index is 1.89. The van der Waals surface area contributed by atoms with Gasteiger partial charge < -0.3 is 24.3 Å². The topological polar surface area (TPSA) is 111 Å². The average molecular weight is 555 g/mol. The van der Waals surface area contributed by atoms with Crippen LogP contribution in [0.3, 0.4) is 0 Å². The van der Waals surface area contributed by atoms with Crippen molar-refractivity contribution in [3.05, 3.63) is 77.4 Å². The van der Waals surface area contributed by atoms with Gasteiger partial charge in [-0.3, -0.25) is 4.79 Å². The molecule has 216 valence electrons. The molecular weight excluding hydrogens is 515 g/mol. The van der Waals surface area contributed by atoms with E-state index in [-0.39, 0.29) is 36.4 Å². The van der Waals surface area contributed by atoms with E-state index >= 15 is 0 Å². The minimum atomic E-state index is -1.46. The van der Waals surface area contributed by atoms with E-state index in [2.05, 4.69) is 0 Å². The molecular formula is C31H39FN2O6. The van der Waals surface area contributed by atoms with Crippen LogP contribution in [0.5, 0.6) is 0 Å². The van der Waals surface area contributed by atoms with Gasteiger partial charge >= 0.3 is 11.9 Å². The van der Waals surface area contributed by atoms with Gasteiger partial charge in [-0.2, -0.15) is 0 Å². The van der Waals surface area contributed by atoms with Crippen LogP contribution in [0.2, 0.25) is 0 Å². The number of aliphatic hydroxyl groups is 1. The van der Waals surface area contributed by atoms with E-state index in [1.165, 1.54) is 26.0 Å². The quantitative estimate of drug-likeness (QED) is 0.181. The molecule has 1 aromatic heterocycles. The number of aromatic nitrogens is 2. The zero-order valence-corrected chi connectivity index (χ0v) is 23.8. The van der Waals surface area contributed by atoms with E-state index in [1.54, 1.807) is 12.1 Å². The van der Waals surface area contributed by atoms with Crippen LogP contribution < -0.4 is 0 Å². The fourth-order valence-corrected chi connectivity index (χ4v) is 4.73. The number of hydrogen-bond donors (Lipinski definition) is 2. The molecule has 0 amide bonds. The summed E-state index contributed by atoms with van der Waals surface area (Å²) in [6, 6.07) is 15.3. The molecule has 2 unspecified atom stereocenters. The molecule has 2 N–H and O–H groups in total. The molecule has 3 rings (SSSR count). The van der Waals surface area contributed by atoms with Gasteiger partial charge in [-0.15, -0.1) is 0 Å². The number of hydrogen-bond acceptors (Lipinski definition) is 6. The maximum absolute atomic E-state index is 13.7. The SMILES string of the molecule is CC(CCn1c(-c2ccc(F)cc2)nc(C(=O)OCc2ccccc2)c1C(C)C)CC(CC(=O)O)OC(C)(C)O. The Morgan fingerprint density at radius 1 is 1.05 bits per heavy atom. The van der Waals surface area contributed by atoms with Gasteiger partial charge in [-0.25, -0.2) is 14.2 Å². The molecule has 0 saturated carbocycles. The fraction of sp³-hybridized carbons (Fsp3) is 0.452. The van der Waals surface area contributed by atoms with Crippen molar-refractivity contribution < 1.29 is 33.7 Å². The van der Waals surface area contributed by atoms with Crippen LogP contribution in [0, 0.1) is 11.7 Å². The Morgan fingerprint density at radius 2 is 1.70 bits per heavy atom. The lowest BCUT2D eigenvalue weighted by atomic mass is 9.97. The van der Waals surface area contributed by atoms with Crippen LogP contribution in [-0.2, 0) is 27.4 Å². The molecule has 1 heterocycles. The summed E-state index contributed by atoms with van der Waals surface area (Å²) in [7, 11) is 0. The Labute approximate surface area is 234 Å². The van der Waals surface area contributed by atoms with Crippen LogP contribution in [0.25, 0.3) is 11.4 Å². The number of halogens is 1. The molecule has 2 atom stereocenters. The molecule has 0 aliphatic heterocycles. The first-order valence-corrected chi connectivity index (χ1v) is 13.5. The molecule has 40 heavy (non-hydrogen) atoms. The lowest BCUT2D eigenvalue weighted by molar-refractivity contribution is -0.211. The summed E-state index contributed by atoms with van der Waals surface area (Å²) < 4.78 is 26.9. The van der Waals surface area contributed by atoms with Crippen molar-refractivity contribution in [2.24, 2.45) is 5.92 Å². The molecule has 8 nitrogen and oxygen atoms in total. The van der Waals surface area contributed by atoms with Crippen molar-refractivity contribution >= 4 is 11.9 Å². The van der Waals surface area contributed by atoms with Gasteiger partial charge in [0.05, 0.1) is 18.2 Å². The van der Waals surface area contributed by atoms with Crippen LogP contribution in [0.4, 0.5) is 4.39 Å². The molecule has 2 aromatic carbocycles. The highest BCUT2D eigenvalue weighted by molar-refractivity contribution is 5.90. The summed E-state index contributed by atoms with van der Waals surface area (Å²) in [6.45, 7) is 9.46. The summed E-state index contributed by atoms with van der Waals surface area (Å²) in [4.78, 5) is 29.3. The van der Waals surface area contributed by atoms with E-state index < -0.39 is 23.8 Å². The van der Waals surface area contributed by atoms with E-state index in [0.717, 1.165) is 5.56 Å². The maximum atomic E-state index is 13.7. The third-order valence-electron chi connectivity index (χ3n) is 6.43. The van der Waals surface area contributed by atoms with Crippen LogP contribution in [0.15, 0.2) is 54.6 Å². The maximum Gasteiger partial charge on any atom is 0.359 e. The molecule has 0 radical (unpaired) electrons. The zero-order valence-electron chi connectivity index (χ0n) is 23.8. The molecule has 0 bridgehead atoms. The Bertz CT molecular complexity index is 1270. The first-order chi connectivity index (χ1) is 18.8. The number of rotatable bonds is 14. The van der Waals surface area contributed by atoms with E-state index in [1.807, 2.05) is 55.7 Å². The first-order valence-electron chi connectivity index (χ1n) is 13.5. The number of benzene rings is 2. The second kappa shape index (κ2) is 13.7. The molecule has 0 aliphatic carbocycles. The predicted molar refractivity (Wildman–Crippen MR) is 149 cm³/mol. The molecule has 0 spiro atoms. The van der Waals surface area contributed by atoms with Crippen LogP contribution >= 0.6 is 0 Å². The fourth-order valence-electron chi connectivity index (χ4n) is 4.73. The first kappa shape index (κ1) is 31.0. The van der Waals surface area contributed by atoms with Crippen molar-refractivity contribution in [2.45, 2.75) is 84.8 Å². The minimum Gasteiger partial charge on any atom is -0.481 e. The molecule has 9 heteroatoms. The second-order valence-electron chi connectivity index (χ2n) is 11.0. The number of esters is 1. The monoisotopic (exact) mass is 554 g/mol. The zero-order chi connectivity index (χ0) is 29.4. The van der Waals surface area contributed by atoms with Gasteiger partial charge in [0.2, 0.25) is 0 Å². The minimum absolute atomic E-state index is 0.0173. The van der Waals surface area contributed by atoms with Gasteiger partial charge in [0.25, 0.3) is 0 Å². The number of ether oxygens (including phenoxy) is 2. The summed E-state index contributed by atoms with van der Waals surface area (Å²) >= 11 is 0. The molecule has 0 aliphatic rings. The Morgan fingerprint density at radius 3 is 2.27 bits per heavy atom. The standard InChI is InChI=1S/C31H39FN2O6/c1-20(2)28-27(30(37)39-19-22-9-7-6-8-10-22)33-29(23-11-13-24(32)14-12-23)34(28)16-15-21(3)17-25(18-26(35)36)40-31(4,5)38/h6-14,20-21,25,38H,15-19H2,1-5H3,(H,35,36). The van der Waals surface area contributed by atoms with E-state index in [9.17, 15) is 24.2 Å². The third kappa shape index (κ3) is 8.99. The van der Waals surface area contributed by atoms with Crippen molar-refractivity contribution in [1.29, 1.82) is 0 Å². The number of aliphatic carboxylic acids is 1. The Kier molecular flexibility index (Phi) is 10.6. The smallest absolute Gasteiger partial charge is 0.359 e. The average Bonchev–Trinajstić information content (AvgIpc) is 3.25. The highest BCUT2D eigenvalue weighted by Gasteiger charge is 2.28. The van der Waals surface area contributed by atoms with Gasteiger partial charge in [0, 0.05) is 12.1 Å². The predicted octanol–water partition coefficient (Wildman–Crippen LogP) is 6.17. The number of imidazole rings is 1. The van der Waals surface area contributed by atoms with Crippen molar-refractivity contribution in [2.75, 3.05) is 0 Å². The summed E-state index contributed by atoms with van der Waals surface area (Å²) in [5, 5.41) is 19.4. The lowest BCUT2D eigenvalue weighted by Crippen LogP contribution is -2.32. The van der Waals surface area contributed by atoms with Crippen molar-refractivity contribution in [3.63, 3.8) is 0 Å². The summed E-state index contributed by atoms with van der Waals surface area (Å²) in [5.41, 5.74) is 2.44. The normalized spacial score (nSPS) is 13.3. The lowest BCUT2D eigenvalue weighted by Gasteiger charge is -2.27. The number of carbonyl (C=O) groups excluding carboxylic acids is 1. The summed E-state index contributed by atoms with van der Waals surface area (Å²) in [5.74, 6) is -2.91. The number of carboxylic acid groups (broad SMARTS) is 1. The van der Waals surface area contributed by atoms with E-state index in [4.69, 9.17) is 14.5 Å². The van der Waals surface area contributed by atoms with Gasteiger partial charge in [0.15, 0.2) is 11.5 Å². The number of nitrogens with zero attached hydrogens (tertiary/aromatic N) is 2. The van der Waals surface area contributed by atoms with Gasteiger partial charge in [-0.1, -0.05) is 51.1 Å². The van der Waals surface area contributed by atoms with E-state index in [0.29, 0.717) is 36.5 Å². The highest BCUT2D eigenvalue weighted by Crippen LogP contribution is 2.30. The van der Waals surface area contributed by atoms with Crippen LogP contribution in [0.1, 0.15) is 81.5 Å². The van der Waals surface area contributed by atoms with Crippen molar-refractivity contribution in [3.8, 4) is 11.4 Å². The van der Waals surface area contributed by atoms with Crippen molar-refractivity contribution in [1.82, 2.24) is 9.55 Å². The summed E-state index contributed by atoms with van der Waals surface area (Å²) in [6.07, 6.45) is 0.142. The number of carbonyl (C=O) groups is 2. The number of carboxylic acids is 1. The molecule has 0 fully saturated rings. The van der Waals surface area contributed by atoms with Crippen LogP contribution in [-0.4, -0.2) is 43.6 Å².